The predicted octanol–water partition coefficient (Wildman–Crippen LogP) is 3.95. The molecule has 0 aliphatic rings. The second-order valence-corrected chi connectivity index (χ2v) is 6.57. The molecular weight excluding hydrogens is 312 g/mol. The summed E-state index contributed by atoms with van der Waals surface area (Å²) in [5, 5.41) is 3.02. The lowest BCUT2D eigenvalue weighted by molar-refractivity contribution is -0.117. The first-order chi connectivity index (χ1) is 12.0. The minimum absolute atomic E-state index is 0.0134. The Morgan fingerprint density at radius 3 is 2.44 bits per heavy atom. The summed E-state index contributed by atoms with van der Waals surface area (Å²) in [4.78, 5) is 14.3. The molecule has 25 heavy (non-hydrogen) atoms. The fourth-order valence-electron chi connectivity index (χ4n) is 2.74. The van der Waals surface area contributed by atoms with Crippen LogP contribution in [0.5, 0.6) is 5.75 Å². The van der Waals surface area contributed by atoms with Gasteiger partial charge in [-0.15, -0.1) is 0 Å². The summed E-state index contributed by atoms with van der Waals surface area (Å²) in [7, 11) is 1.96. The van der Waals surface area contributed by atoms with Crippen molar-refractivity contribution in [1.82, 2.24) is 4.90 Å². The van der Waals surface area contributed by atoms with E-state index >= 15 is 0 Å². The molecule has 4 nitrogen and oxygen atoms in total. The Bertz CT molecular complexity index is 693. The van der Waals surface area contributed by atoms with Crippen LogP contribution >= 0.6 is 0 Å². The highest BCUT2D eigenvalue weighted by molar-refractivity contribution is 5.93. The van der Waals surface area contributed by atoms with Crippen LogP contribution in [0.15, 0.2) is 42.5 Å². The number of nitrogens with zero attached hydrogens (tertiary/aromatic N) is 1. The van der Waals surface area contributed by atoms with Gasteiger partial charge in [-0.05, 0) is 63.1 Å². The zero-order valence-corrected chi connectivity index (χ0v) is 15.6. The second-order valence-electron chi connectivity index (χ2n) is 6.57. The van der Waals surface area contributed by atoms with E-state index in [1.165, 1.54) is 5.56 Å². The van der Waals surface area contributed by atoms with Gasteiger partial charge in [-0.1, -0.05) is 30.3 Å². The number of carbonyl (C=O) groups is 1. The molecule has 0 saturated heterocycles. The van der Waals surface area contributed by atoms with Crippen LogP contribution in [0.25, 0.3) is 0 Å². The van der Waals surface area contributed by atoms with Gasteiger partial charge in [0.25, 0.3) is 0 Å². The quantitative estimate of drug-likeness (QED) is 0.740. The number of para-hydroxylation sites is 1. The van der Waals surface area contributed by atoms with Crippen LogP contribution in [-0.4, -0.2) is 37.6 Å². The Morgan fingerprint density at radius 1 is 1.08 bits per heavy atom. The zero-order valence-electron chi connectivity index (χ0n) is 15.6. The molecule has 0 saturated carbocycles. The lowest BCUT2D eigenvalue weighted by atomic mass is 10.1. The number of ether oxygens (including phenoxy) is 1. The van der Waals surface area contributed by atoms with Gasteiger partial charge in [-0.3, -0.25) is 9.69 Å². The van der Waals surface area contributed by atoms with Crippen LogP contribution in [0.4, 0.5) is 5.69 Å². The lowest BCUT2D eigenvalue weighted by Crippen LogP contribution is -2.31. The van der Waals surface area contributed by atoms with Crippen LogP contribution in [0.1, 0.15) is 23.1 Å². The fourth-order valence-corrected chi connectivity index (χ4v) is 2.74. The van der Waals surface area contributed by atoms with E-state index in [2.05, 4.69) is 18.3 Å². The van der Waals surface area contributed by atoms with E-state index in [0.717, 1.165) is 35.5 Å². The van der Waals surface area contributed by atoms with Gasteiger partial charge < -0.3 is 10.1 Å². The number of nitrogens with one attached hydrogen (secondary N) is 1. The number of carbonyl (C=O) groups excluding carboxylic acids is 1. The predicted molar refractivity (Wildman–Crippen MR) is 103 cm³/mol. The highest BCUT2D eigenvalue weighted by atomic mass is 16.5. The Balaban J connectivity index is 1.71. The third kappa shape index (κ3) is 6.24. The van der Waals surface area contributed by atoms with Crippen molar-refractivity contribution in [2.45, 2.75) is 27.2 Å². The largest absolute Gasteiger partial charge is 0.494 e. The van der Waals surface area contributed by atoms with Crippen molar-refractivity contribution in [3.63, 3.8) is 0 Å². The summed E-state index contributed by atoms with van der Waals surface area (Å²) in [5.41, 5.74) is 4.28. The molecule has 0 atom stereocenters. The summed E-state index contributed by atoms with van der Waals surface area (Å²) >= 11 is 0. The van der Waals surface area contributed by atoms with Crippen molar-refractivity contribution in [3.8, 4) is 5.75 Å². The Labute approximate surface area is 150 Å². The topological polar surface area (TPSA) is 41.6 Å². The maximum Gasteiger partial charge on any atom is 0.238 e. The van der Waals surface area contributed by atoms with E-state index in [1.54, 1.807) is 0 Å². The van der Waals surface area contributed by atoms with Crippen molar-refractivity contribution in [1.29, 1.82) is 0 Å². The minimum Gasteiger partial charge on any atom is -0.494 e. The Hall–Kier alpha value is -2.33. The zero-order chi connectivity index (χ0) is 18.2. The van der Waals surface area contributed by atoms with Gasteiger partial charge in [-0.25, -0.2) is 0 Å². The first kappa shape index (κ1) is 19.0. The molecule has 2 rings (SSSR count). The first-order valence-corrected chi connectivity index (χ1v) is 8.70. The average Bonchev–Trinajstić information content (AvgIpc) is 2.55. The van der Waals surface area contributed by atoms with E-state index in [9.17, 15) is 4.79 Å². The van der Waals surface area contributed by atoms with Crippen molar-refractivity contribution < 1.29 is 9.53 Å². The molecular formula is C21H28N2O2. The highest BCUT2D eigenvalue weighted by Crippen LogP contribution is 2.19. The standard InChI is InChI=1S/C21H28N2O2/c1-16-8-5-11-19(14-16)25-13-7-12-23(4)15-20(24)22-21-17(2)9-6-10-18(21)3/h5-6,8-11,14H,7,12-13,15H2,1-4H3,(H,22,24). The molecule has 0 heterocycles. The van der Waals surface area contributed by atoms with Gasteiger partial charge in [0.05, 0.1) is 13.2 Å². The van der Waals surface area contributed by atoms with Crippen LogP contribution in [0.2, 0.25) is 0 Å². The number of rotatable bonds is 8. The summed E-state index contributed by atoms with van der Waals surface area (Å²) in [6.45, 7) is 7.90. The summed E-state index contributed by atoms with van der Waals surface area (Å²) in [6, 6.07) is 14.1. The van der Waals surface area contributed by atoms with Gasteiger partial charge in [0, 0.05) is 12.2 Å². The molecule has 2 aromatic rings. The maximum atomic E-state index is 12.2. The van der Waals surface area contributed by atoms with Crippen LogP contribution in [-0.2, 0) is 4.79 Å². The number of aryl methyl sites for hydroxylation is 3. The average molecular weight is 340 g/mol. The fraction of sp³-hybridized carbons (Fsp3) is 0.381. The number of likely N-dealkylation sites (N-methyl/N-ethyl adjacent to an activating group) is 1. The lowest BCUT2D eigenvalue weighted by Gasteiger charge is -2.18. The molecule has 0 unspecified atom stereocenters. The second kappa shape index (κ2) is 9.23. The Kier molecular flexibility index (Phi) is 7.02. The van der Waals surface area contributed by atoms with Gasteiger partial charge >= 0.3 is 0 Å². The van der Waals surface area contributed by atoms with Crippen LogP contribution < -0.4 is 10.1 Å². The molecule has 0 aliphatic carbocycles. The van der Waals surface area contributed by atoms with Crippen molar-refractivity contribution >= 4 is 11.6 Å². The molecule has 0 bridgehead atoms. The molecule has 134 valence electrons. The van der Waals surface area contributed by atoms with Crippen molar-refractivity contribution in [2.24, 2.45) is 0 Å². The third-order valence-corrected chi connectivity index (χ3v) is 4.10. The summed E-state index contributed by atoms with van der Waals surface area (Å²) < 4.78 is 5.74. The van der Waals surface area contributed by atoms with E-state index < -0.39 is 0 Å². The number of amides is 1. The van der Waals surface area contributed by atoms with Crippen LogP contribution in [0, 0.1) is 20.8 Å². The maximum absolute atomic E-state index is 12.2. The van der Waals surface area contributed by atoms with Crippen molar-refractivity contribution in [3.05, 3.63) is 59.2 Å². The summed E-state index contributed by atoms with van der Waals surface area (Å²) in [5.74, 6) is 0.912. The molecule has 0 fully saturated rings. The third-order valence-electron chi connectivity index (χ3n) is 4.10. The van der Waals surface area contributed by atoms with Gasteiger partial charge in [-0.2, -0.15) is 0 Å². The monoisotopic (exact) mass is 340 g/mol. The summed E-state index contributed by atoms with van der Waals surface area (Å²) in [6.07, 6.45) is 0.876. The number of hydrogen-bond acceptors (Lipinski definition) is 3. The molecule has 0 aromatic heterocycles. The first-order valence-electron chi connectivity index (χ1n) is 8.70. The van der Waals surface area contributed by atoms with Gasteiger partial charge in [0.2, 0.25) is 5.91 Å². The molecule has 0 radical (unpaired) electrons. The van der Waals surface area contributed by atoms with Crippen LogP contribution in [0.3, 0.4) is 0 Å². The normalized spacial score (nSPS) is 10.8. The molecule has 1 N–H and O–H groups in total. The number of benzene rings is 2. The van der Waals surface area contributed by atoms with Gasteiger partial charge in [0.15, 0.2) is 0 Å². The van der Waals surface area contributed by atoms with Crippen molar-refractivity contribution in [2.75, 3.05) is 32.1 Å². The minimum atomic E-state index is 0.0134. The van der Waals surface area contributed by atoms with E-state index in [0.29, 0.717) is 13.2 Å². The van der Waals surface area contributed by atoms with E-state index in [1.807, 2.05) is 62.2 Å². The Morgan fingerprint density at radius 2 is 1.76 bits per heavy atom. The SMILES string of the molecule is Cc1cccc(OCCCN(C)CC(=O)Nc2c(C)cccc2C)c1. The molecule has 2 aromatic carbocycles. The number of anilines is 1. The molecule has 1 amide bonds. The molecule has 0 aliphatic heterocycles. The van der Waals surface area contributed by atoms with Gasteiger partial charge in [0.1, 0.15) is 5.75 Å². The van der Waals surface area contributed by atoms with E-state index in [-0.39, 0.29) is 5.91 Å². The molecule has 0 spiro atoms. The highest BCUT2D eigenvalue weighted by Gasteiger charge is 2.09. The molecule has 4 heteroatoms. The van der Waals surface area contributed by atoms with E-state index in [4.69, 9.17) is 4.74 Å². The number of hydrogen-bond donors (Lipinski definition) is 1. The smallest absolute Gasteiger partial charge is 0.238 e.